The van der Waals surface area contributed by atoms with Gasteiger partial charge in [-0.3, -0.25) is 4.79 Å². The third kappa shape index (κ3) is 5.61. The molecule has 0 N–H and O–H groups in total. The van der Waals surface area contributed by atoms with E-state index in [4.69, 9.17) is 0 Å². The number of hydrogen-bond donors (Lipinski definition) is 0. The molecular formula is C19H27BrN2O. The fourth-order valence-electron chi connectivity index (χ4n) is 2.71. The number of hydrogen-bond acceptors (Lipinski definition) is 1. The molecule has 2 aromatic rings. The summed E-state index contributed by atoms with van der Waals surface area (Å²) in [7, 11) is 0. The molecular weight excluding hydrogens is 352 g/mol. The highest BCUT2D eigenvalue weighted by atomic mass is 79.9. The van der Waals surface area contributed by atoms with E-state index in [0.29, 0.717) is 18.9 Å². The highest BCUT2D eigenvalue weighted by molar-refractivity contribution is 5.80. The van der Waals surface area contributed by atoms with Crippen molar-refractivity contribution in [3.8, 4) is 0 Å². The van der Waals surface area contributed by atoms with Crippen LogP contribution in [0.15, 0.2) is 36.7 Å². The second kappa shape index (κ2) is 9.02. The summed E-state index contributed by atoms with van der Waals surface area (Å²) in [5, 5.41) is 0. The molecule has 0 aliphatic heterocycles. The fourth-order valence-corrected chi connectivity index (χ4v) is 2.71. The van der Waals surface area contributed by atoms with Gasteiger partial charge in [0, 0.05) is 12.5 Å². The Morgan fingerprint density at radius 3 is 2.43 bits per heavy atom. The molecule has 0 bridgehead atoms. The van der Waals surface area contributed by atoms with Crippen LogP contribution in [0.4, 0.5) is 0 Å². The molecule has 0 saturated heterocycles. The van der Waals surface area contributed by atoms with E-state index >= 15 is 0 Å². The number of halogens is 1. The highest BCUT2D eigenvalue weighted by Gasteiger charge is 2.16. The van der Waals surface area contributed by atoms with Crippen LogP contribution in [0.3, 0.4) is 0 Å². The van der Waals surface area contributed by atoms with Crippen LogP contribution in [0.5, 0.6) is 0 Å². The predicted octanol–water partition coefficient (Wildman–Crippen LogP) is 0.254. The number of ketones is 1. The number of carbonyl (C=O) groups is 1. The molecule has 0 atom stereocenters. The van der Waals surface area contributed by atoms with Crippen LogP contribution >= 0.6 is 0 Å². The first-order valence-electron chi connectivity index (χ1n) is 8.09. The van der Waals surface area contributed by atoms with Crippen LogP contribution in [0, 0.1) is 19.8 Å². The zero-order valence-electron chi connectivity index (χ0n) is 14.6. The third-order valence-corrected chi connectivity index (χ3v) is 4.14. The lowest BCUT2D eigenvalue weighted by molar-refractivity contribution is -0.764. The van der Waals surface area contributed by atoms with E-state index < -0.39 is 0 Å². The Bertz CT molecular complexity index is 626. The summed E-state index contributed by atoms with van der Waals surface area (Å²) in [5.41, 5.74) is 3.58. The molecule has 0 radical (unpaired) electrons. The monoisotopic (exact) mass is 378 g/mol. The molecule has 0 spiro atoms. The Kier molecular flexibility index (Phi) is 7.69. The average Bonchev–Trinajstić information content (AvgIpc) is 2.88. The Morgan fingerprint density at radius 1 is 1.17 bits per heavy atom. The highest BCUT2D eigenvalue weighted by Crippen LogP contribution is 2.14. The molecule has 0 aliphatic carbocycles. The van der Waals surface area contributed by atoms with Crippen molar-refractivity contribution in [1.29, 1.82) is 0 Å². The largest absolute Gasteiger partial charge is 1.00 e. The molecule has 3 nitrogen and oxygen atoms in total. The average molecular weight is 379 g/mol. The normalized spacial score (nSPS) is 10.7. The molecule has 0 fully saturated rings. The predicted molar refractivity (Wildman–Crippen MR) is 88.7 cm³/mol. The summed E-state index contributed by atoms with van der Waals surface area (Å²) >= 11 is 0. The fraction of sp³-hybridized carbons (Fsp3) is 0.474. The van der Waals surface area contributed by atoms with Crippen molar-refractivity contribution in [2.24, 2.45) is 5.92 Å². The summed E-state index contributed by atoms with van der Waals surface area (Å²) in [5.74, 6) is 0.924. The quantitative estimate of drug-likeness (QED) is 0.634. The minimum absolute atomic E-state index is 0. The second-order valence-electron chi connectivity index (χ2n) is 6.52. The first kappa shape index (κ1) is 19.6. The lowest BCUT2D eigenvalue weighted by Crippen LogP contribution is -3.00. The molecule has 0 unspecified atom stereocenters. The minimum atomic E-state index is 0. The maximum absolute atomic E-state index is 12.4. The number of benzene rings is 1. The van der Waals surface area contributed by atoms with Crippen LogP contribution in [0.25, 0.3) is 0 Å². The second-order valence-corrected chi connectivity index (χ2v) is 6.52. The van der Waals surface area contributed by atoms with E-state index in [1.54, 1.807) is 0 Å². The molecule has 4 heteroatoms. The molecule has 23 heavy (non-hydrogen) atoms. The van der Waals surface area contributed by atoms with Crippen molar-refractivity contribution in [2.45, 2.75) is 53.6 Å². The van der Waals surface area contributed by atoms with Gasteiger partial charge in [-0.25, -0.2) is 0 Å². The SMILES string of the molecule is Cc1cccc(C)c1CC(=O)C[n+]1cccn1CCC(C)C.[Br-]. The Morgan fingerprint density at radius 2 is 1.83 bits per heavy atom. The number of carbonyl (C=O) groups excluding carboxylic acids is 1. The number of rotatable bonds is 7. The molecule has 0 amide bonds. The summed E-state index contributed by atoms with van der Waals surface area (Å²) in [4.78, 5) is 12.4. The Balaban J connectivity index is 0.00000264. The first-order chi connectivity index (χ1) is 10.5. The van der Waals surface area contributed by atoms with Crippen molar-refractivity contribution in [3.05, 3.63) is 53.3 Å². The van der Waals surface area contributed by atoms with Crippen LogP contribution in [0.2, 0.25) is 0 Å². The van der Waals surface area contributed by atoms with E-state index in [2.05, 4.69) is 50.7 Å². The smallest absolute Gasteiger partial charge is 0.230 e. The van der Waals surface area contributed by atoms with Crippen molar-refractivity contribution in [1.82, 2.24) is 4.68 Å². The summed E-state index contributed by atoms with van der Waals surface area (Å²) < 4.78 is 4.17. The Hall–Kier alpha value is -1.42. The van der Waals surface area contributed by atoms with Crippen molar-refractivity contribution in [2.75, 3.05) is 0 Å². The number of Topliss-reactive ketones (excluding diaryl/α,β-unsaturated/α-hetero) is 1. The van der Waals surface area contributed by atoms with Gasteiger partial charge < -0.3 is 17.0 Å². The van der Waals surface area contributed by atoms with Gasteiger partial charge in [0.2, 0.25) is 12.3 Å². The van der Waals surface area contributed by atoms with Crippen molar-refractivity contribution in [3.63, 3.8) is 0 Å². The molecule has 2 rings (SSSR count). The number of aryl methyl sites for hydroxylation is 3. The molecule has 1 heterocycles. The lowest BCUT2D eigenvalue weighted by atomic mass is 9.98. The van der Waals surface area contributed by atoms with Crippen LogP contribution in [-0.4, -0.2) is 10.5 Å². The zero-order valence-corrected chi connectivity index (χ0v) is 16.1. The van der Waals surface area contributed by atoms with Gasteiger partial charge in [0.25, 0.3) is 0 Å². The lowest BCUT2D eigenvalue weighted by Gasteiger charge is -2.08. The van der Waals surface area contributed by atoms with Crippen molar-refractivity contribution >= 4 is 5.78 Å². The zero-order chi connectivity index (χ0) is 16.1. The van der Waals surface area contributed by atoms with E-state index in [0.717, 1.165) is 13.0 Å². The van der Waals surface area contributed by atoms with Gasteiger partial charge in [0.05, 0.1) is 12.7 Å². The molecule has 1 aromatic carbocycles. The van der Waals surface area contributed by atoms with Crippen LogP contribution in [-0.2, 0) is 24.3 Å². The standard InChI is InChI=1S/C19H27N2O.BrH/c1-15(2)9-12-20-10-6-11-21(20)14-18(22)13-19-16(3)7-5-8-17(19)4;/h5-8,10-11,15H,9,12-14H2,1-4H3;1H/q+1;/p-1. The van der Waals surface area contributed by atoms with Gasteiger partial charge in [-0.1, -0.05) is 32.0 Å². The number of nitrogens with zero attached hydrogens (tertiary/aromatic N) is 2. The van der Waals surface area contributed by atoms with Gasteiger partial charge in [-0.2, -0.15) is 4.68 Å². The maximum Gasteiger partial charge on any atom is 0.230 e. The van der Waals surface area contributed by atoms with Gasteiger partial charge in [0.15, 0.2) is 6.20 Å². The summed E-state index contributed by atoms with van der Waals surface area (Å²) in [6.07, 6.45) is 5.68. The van der Waals surface area contributed by atoms with Gasteiger partial charge in [-0.05, 0) is 42.9 Å². The third-order valence-electron chi connectivity index (χ3n) is 4.14. The van der Waals surface area contributed by atoms with E-state index in [1.807, 2.05) is 23.0 Å². The summed E-state index contributed by atoms with van der Waals surface area (Å²) in [6.45, 7) is 10.0. The van der Waals surface area contributed by atoms with Crippen LogP contribution < -0.4 is 21.7 Å². The molecule has 1 aromatic heterocycles. The van der Waals surface area contributed by atoms with E-state index in [1.165, 1.54) is 16.7 Å². The minimum Gasteiger partial charge on any atom is -1.00 e. The topological polar surface area (TPSA) is 25.9 Å². The molecule has 126 valence electrons. The van der Waals surface area contributed by atoms with Crippen molar-refractivity contribution < 1.29 is 26.5 Å². The summed E-state index contributed by atoms with van der Waals surface area (Å²) in [6, 6.07) is 8.21. The first-order valence-corrected chi connectivity index (χ1v) is 8.09. The van der Waals surface area contributed by atoms with Gasteiger partial charge >= 0.3 is 0 Å². The molecule has 0 aliphatic rings. The number of aromatic nitrogens is 2. The van der Waals surface area contributed by atoms with Crippen LogP contribution in [0.1, 0.15) is 37.0 Å². The van der Waals surface area contributed by atoms with E-state index in [-0.39, 0.29) is 22.8 Å². The Labute approximate surface area is 150 Å². The molecule has 0 saturated carbocycles. The maximum atomic E-state index is 12.4. The van der Waals surface area contributed by atoms with E-state index in [9.17, 15) is 4.79 Å². The van der Waals surface area contributed by atoms with Gasteiger partial charge in [0.1, 0.15) is 0 Å². The van der Waals surface area contributed by atoms with Gasteiger partial charge in [-0.15, -0.1) is 4.68 Å².